The molecule has 1 aliphatic heterocycles. The number of carbonyl (C=O) groups is 1. The highest BCUT2D eigenvalue weighted by Gasteiger charge is 2.26. The first-order chi connectivity index (χ1) is 11.3. The zero-order chi connectivity index (χ0) is 17.6. The number of nitrogens with two attached hydrogens (primary N) is 1. The van der Waals surface area contributed by atoms with E-state index in [2.05, 4.69) is 16.8 Å². The third-order valence-corrected chi connectivity index (χ3v) is 3.50. The molecule has 2 rings (SSSR count). The molecule has 1 fully saturated rings. The fourth-order valence-electron chi connectivity index (χ4n) is 2.31. The fourth-order valence-corrected chi connectivity index (χ4v) is 2.31. The van der Waals surface area contributed by atoms with Crippen LogP contribution >= 0.6 is 0 Å². The van der Waals surface area contributed by atoms with Gasteiger partial charge in [-0.2, -0.15) is 0 Å². The maximum absolute atomic E-state index is 12.0. The average molecular weight is 331 g/mol. The zero-order valence-corrected chi connectivity index (χ0v) is 14.5. The first-order valence-electron chi connectivity index (χ1n) is 8.13. The van der Waals surface area contributed by atoms with Crippen LogP contribution in [0.25, 0.3) is 0 Å². The van der Waals surface area contributed by atoms with E-state index in [0.717, 1.165) is 18.4 Å². The summed E-state index contributed by atoms with van der Waals surface area (Å²) in [6, 6.07) is 3.55. The summed E-state index contributed by atoms with van der Waals surface area (Å²) in [5.74, 6) is 6.44. The average Bonchev–Trinajstić information content (AvgIpc) is 2.52. The summed E-state index contributed by atoms with van der Waals surface area (Å²) in [6.07, 6.45) is 3.11. The van der Waals surface area contributed by atoms with Crippen molar-refractivity contribution in [2.45, 2.75) is 45.3 Å². The number of anilines is 1. The molecule has 1 aliphatic rings. The number of amides is 1. The molecule has 0 spiro atoms. The molecule has 24 heavy (non-hydrogen) atoms. The Morgan fingerprint density at radius 1 is 1.38 bits per heavy atom. The summed E-state index contributed by atoms with van der Waals surface area (Å²) in [7, 11) is 0. The van der Waals surface area contributed by atoms with E-state index in [1.807, 2.05) is 26.8 Å². The van der Waals surface area contributed by atoms with E-state index in [1.165, 1.54) is 0 Å². The number of nitrogen functional groups attached to an aromatic ring is 1. The van der Waals surface area contributed by atoms with Crippen LogP contribution < -0.4 is 5.73 Å². The first-order valence-corrected chi connectivity index (χ1v) is 8.13. The second-order valence-corrected chi connectivity index (χ2v) is 6.75. The Labute approximate surface area is 143 Å². The molecular weight excluding hydrogens is 306 g/mol. The van der Waals surface area contributed by atoms with Gasteiger partial charge in [-0.05, 0) is 45.7 Å². The largest absolute Gasteiger partial charge is 0.444 e. The molecule has 0 saturated carbocycles. The molecule has 2 N–H and O–H groups in total. The summed E-state index contributed by atoms with van der Waals surface area (Å²) in [5, 5.41) is 0. The second kappa shape index (κ2) is 8.02. The van der Waals surface area contributed by atoms with Crippen LogP contribution in [0.2, 0.25) is 0 Å². The summed E-state index contributed by atoms with van der Waals surface area (Å²) in [5.41, 5.74) is 5.88. The van der Waals surface area contributed by atoms with Gasteiger partial charge in [-0.25, -0.2) is 9.78 Å². The summed E-state index contributed by atoms with van der Waals surface area (Å²) in [4.78, 5) is 17.7. The van der Waals surface area contributed by atoms with Gasteiger partial charge in [-0.15, -0.1) is 0 Å². The van der Waals surface area contributed by atoms with Crippen molar-refractivity contribution in [3.63, 3.8) is 0 Å². The number of pyridine rings is 1. The Kier molecular flexibility index (Phi) is 6.04. The van der Waals surface area contributed by atoms with Crippen molar-refractivity contribution >= 4 is 11.9 Å². The Balaban J connectivity index is 1.70. The quantitative estimate of drug-likeness (QED) is 0.842. The molecule has 1 aromatic rings. The van der Waals surface area contributed by atoms with Crippen LogP contribution in [0.1, 0.15) is 39.2 Å². The summed E-state index contributed by atoms with van der Waals surface area (Å²) < 4.78 is 11.1. The van der Waals surface area contributed by atoms with Crippen molar-refractivity contribution < 1.29 is 14.3 Å². The molecule has 2 heterocycles. The molecule has 0 radical (unpaired) electrons. The predicted molar refractivity (Wildman–Crippen MR) is 92.3 cm³/mol. The van der Waals surface area contributed by atoms with Crippen LogP contribution in [0.5, 0.6) is 0 Å². The molecule has 6 heteroatoms. The highest BCUT2D eigenvalue weighted by atomic mass is 16.6. The number of rotatable bonds is 2. The number of likely N-dealkylation sites (tertiary alicyclic amines) is 1. The van der Waals surface area contributed by atoms with Crippen LogP contribution in [0.15, 0.2) is 18.3 Å². The van der Waals surface area contributed by atoms with Gasteiger partial charge in [0.25, 0.3) is 0 Å². The molecule has 6 nitrogen and oxygen atoms in total. The Hall–Kier alpha value is -2.26. The number of hydrogen-bond donors (Lipinski definition) is 1. The lowest BCUT2D eigenvalue weighted by Crippen LogP contribution is -2.43. The molecule has 0 unspecified atom stereocenters. The number of ether oxygens (including phenoxy) is 2. The van der Waals surface area contributed by atoms with Gasteiger partial charge in [0, 0.05) is 24.8 Å². The Morgan fingerprint density at radius 3 is 2.67 bits per heavy atom. The van der Waals surface area contributed by atoms with E-state index in [1.54, 1.807) is 17.2 Å². The Morgan fingerprint density at radius 2 is 2.08 bits per heavy atom. The smallest absolute Gasteiger partial charge is 0.410 e. The number of nitrogens with zero attached hydrogens (tertiary/aromatic N) is 2. The standard InChI is InChI=1S/C18H25N3O3/c1-18(2,3)24-17(22)21-10-8-15(9-11-21)23-12-4-5-14-6-7-16(19)20-13-14/h6-7,13,15H,8-12H2,1-3H3,(H2,19,20). The maximum atomic E-state index is 12.0. The third kappa shape index (κ3) is 6.09. The van der Waals surface area contributed by atoms with E-state index in [-0.39, 0.29) is 12.2 Å². The van der Waals surface area contributed by atoms with Crippen molar-refractivity contribution in [1.82, 2.24) is 9.88 Å². The second-order valence-electron chi connectivity index (χ2n) is 6.75. The lowest BCUT2D eigenvalue weighted by molar-refractivity contribution is -0.00374. The highest BCUT2D eigenvalue weighted by molar-refractivity contribution is 5.68. The molecule has 1 saturated heterocycles. The fraction of sp³-hybridized carbons (Fsp3) is 0.556. The maximum Gasteiger partial charge on any atom is 0.410 e. The van der Waals surface area contributed by atoms with E-state index in [0.29, 0.717) is 25.5 Å². The molecule has 130 valence electrons. The monoisotopic (exact) mass is 331 g/mol. The van der Waals surface area contributed by atoms with Crippen molar-refractivity contribution in [1.29, 1.82) is 0 Å². The van der Waals surface area contributed by atoms with E-state index in [9.17, 15) is 4.79 Å². The molecular formula is C18H25N3O3. The third-order valence-electron chi connectivity index (χ3n) is 3.50. The number of carbonyl (C=O) groups excluding carboxylic acids is 1. The minimum Gasteiger partial charge on any atom is -0.444 e. The molecule has 1 amide bonds. The van der Waals surface area contributed by atoms with Crippen molar-refractivity contribution in [3.05, 3.63) is 23.9 Å². The minimum absolute atomic E-state index is 0.127. The molecule has 0 atom stereocenters. The van der Waals surface area contributed by atoms with Crippen molar-refractivity contribution in [2.75, 3.05) is 25.4 Å². The van der Waals surface area contributed by atoms with Crippen molar-refractivity contribution in [2.24, 2.45) is 0 Å². The Bertz CT molecular complexity index is 603. The lowest BCUT2D eigenvalue weighted by Gasteiger charge is -2.33. The van der Waals surface area contributed by atoms with Gasteiger partial charge < -0.3 is 20.1 Å². The van der Waals surface area contributed by atoms with Gasteiger partial charge in [0.15, 0.2) is 0 Å². The van der Waals surface area contributed by atoms with E-state index < -0.39 is 5.60 Å². The van der Waals surface area contributed by atoms with Gasteiger partial charge in [0.2, 0.25) is 0 Å². The van der Waals surface area contributed by atoms with Crippen LogP contribution in [0.4, 0.5) is 10.6 Å². The van der Waals surface area contributed by atoms with Gasteiger partial charge in [0.1, 0.15) is 18.0 Å². The van der Waals surface area contributed by atoms with Gasteiger partial charge >= 0.3 is 6.09 Å². The normalized spacial score (nSPS) is 15.5. The predicted octanol–water partition coefficient (Wildman–Crippen LogP) is 2.43. The van der Waals surface area contributed by atoms with E-state index in [4.69, 9.17) is 15.2 Å². The highest BCUT2D eigenvalue weighted by Crippen LogP contribution is 2.17. The first kappa shape index (κ1) is 18.1. The van der Waals surface area contributed by atoms with Gasteiger partial charge in [-0.1, -0.05) is 11.8 Å². The van der Waals surface area contributed by atoms with Gasteiger partial charge in [-0.3, -0.25) is 0 Å². The van der Waals surface area contributed by atoms with Crippen LogP contribution in [-0.4, -0.2) is 47.4 Å². The number of piperidine rings is 1. The topological polar surface area (TPSA) is 77.7 Å². The van der Waals surface area contributed by atoms with Crippen LogP contribution in [0, 0.1) is 11.8 Å². The summed E-state index contributed by atoms with van der Waals surface area (Å²) >= 11 is 0. The molecule has 0 aromatic carbocycles. The van der Waals surface area contributed by atoms with Crippen molar-refractivity contribution in [3.8, 4) is 11.8 Å². The van der Waals surface area contributed by atoms with E-state index >= 15 is 0 Å². The summed E-state index contributed by atoms with van der Waals surface area (Å²) in [6.45, 7) is 7.27. The molecule has 0 bridgehead atoms. The van der Waals surface area contributed by atoms with Gasteiger partial charge in [0.05, 0.1) is 6.10 Å². The molecule has 1 aromatic heterocycles. The minimum atomic E-state index is -0.461. The van der Waals surface area contributed by atoms with Crippen LogP contribution in [0.3, 0.4) is 0 Å². The number of aromatic nitrogens is 1. The zero-order valence-electron chi connectivity index (χ0n) is 14.5. The number of hydrogen-bond acceptors (Lipinski definition) is 5. The van der Waals surface area contributed by atoms with Crippen LogP contribution in [-0.2, 0) is 9.47 Å². The SMILES string of the molecule is CC(C)(C)OC(=O)N1CCC(OCC#Cc2ccc(N)nc2)CC1. The molecule has 0 aliphatic carbocycles. The lowest BCUT2D eigenvalue weighted by atomic mass is 10.1.